The minimum absolute atomic E-state index is 0.0422. The van der Waals surface area contributed by atoms with Crippen LogP contribution in [-0.2, 0) is 5.54 Å². The molecule has 1 aromatic heterocycles. The number of rotatable bonds is 6. The number of ether oxygens (including phenoxy) is 2. The summed E-state index contributed by atoms with van der Waals surface area (Å²) < 4.78 is 11.9. The molecule has 1 spiro atoms. The van der Waals surface area contributed by atoms with Crippen LogP contribution in [0.5, 0.6) is 17.4 Å². The summed E-state index contributed by atoms with van der Waals surface area (Å²) >= 11 is 6.42. The summed E-state index contributed by atoms with van der Waals surface area (Å²) in [5, 5.41) is 3.49. The first kappa shape index (κ1) is 23.5. The van der Waals surface area contributed by atoms with Crippen molar-refractivity contribution in [2.45, 2.75) is 36.9 Å². The van der Waals surface area contributed by atoms with Crippen LogP contribution >= 0.6 is 11.6 Å². The maximum Gasteiger partial charge on any atom is 0.258 e. The molecule has 2 atom stereocenters. The van der Waals surface area contributed by atoms with E-state index in [1.807, 2.05) is 30.1 Å². The number of halogens is 1. The molecule has 1 amide bonds. The number of likely N-dealkylation sites (tertiary alicyclic amines) is 1. The van der Waals surface area contributed by atoms with Gasteiger partial charge in [-0.1, -0.05) is 23.7 Å². The Morgan fingerprint density at radius 2 is 1.89 bits per heavy atom. The van der Waals surface area contributed by atoms with Gasteiger partial charge in [0.1, 0.15) is 16.5 Å². The number of amides is 1. The van der Waals surface area contributed by atoms with E-state index in [-0.39, 0.29) is 22.3 Å². The predicted octanol–water partition coefficient (Wildman–Crippen LogP) is 4.64. The van der Waals surface area contributed by atoms with E-state index in [2.05, 4.69) is 44.3 Å². The number of piperazine rings is 1. The minimum Gasteiger partial charge on any atom is -0.494 e. The van der Waals surface area contributed by atoms with E-state index in [4.69, 9.17) is 21.1 Å². The smallest absolute Gasteiger partial charge is 0.258 e. The Morgan fingerprint density at radius 1 is 1.11 bits per heavy atom. The van der Waals surface area contributed by atoms with Crippen LogP contribution in [0.3, 0.4) is 0 Å². The zero-order valence-corrected chi connectivity index (χ0v) is 22.3. The van der Waals surface area contributed by atoms with Gasteiger partial charge in [-0.25, -0.2) is 4.98 Å². The average molecular weight is 533 g/mol. The van der Waals surface area contributed by atoms with Gasteiger partial charge in [-0.05, 0) is 50.1 Å². The lowest BCUT2D eigenvalue weighted by Gasteiger charge is -2.57. The first-order valence-corrected chi connectivity index (χ1v) is 13.3. The van der Waals surface area contributed by atoms with E-state index < -0.39 is 0 Å². The molecular weight excluding hydrogens is 504 g/mol. The molecule has 4 aliphatic rings. The molecule has 2 unspecified atom stereocenters. The van der Waals surface area contributed by atoms with Gasteiger partial charge in [0.05, 0.1) is 30.1 Å². The Labute approximate surface area is 226 Å². The third kappa shape index (κ3) is 3.52. The number of carbonyl (C=O) groups excluding carboxylic acids is 1. The molecule has 3 fully saturated rings. The van der Waals surface area contributed by atoms with Crippen molar-refractivity contribution in [1.82, 2.24) is 19.8 Å². The molecule has 3 aromatic rings. The van der Waals surface area contributed by atoms with Gasteiger partial charge in [0, 0.05) is 44.0 Å². The van der Waals surface area contributed by atoms with Crippen molar-refractivity contribution in [3.63, 3.8) is 0 Å². The minimum atomic E-state index is -0.193. The van der Waals surface area contributed by atoms with E-state index in [1.165, 1.54) is 12.6 Å². The van der Waals surface area contributed by atoms with Gasteiger partial charge in [0.25, 0.3) is 5.91 Å². The topological polar surface area (TPSA) is 83.1 Å². The normalized spacial score (nSPS) is 22.8. The van der Waals surface area contributed by atoms with Crippen molar-refractivity contribution in [3.05, 3.63) is 58.7 Å². The lowest BCUT2D eigenvalue weighted by atomic mass is 9.87. The van der Waals surface area contributed by atoms with Crippen LogP contribution in [0.1, 0.15) is 35.2 Å². The van der Waals surface area contributed by atoms with Crippen LogP contribution in [0.15, 0.2) is 42.6 Å². The van der Waals surface area contributed by atoms with Gasteiger partial charge < -0.3 is 29.5 Å². The number of hydrogen-bond donors (Lipinski definition) is 1. The highest BCUT2D eigenvalue weighted by Gasteiger charge is 2.57. The summed E-state index contributed by atoms with van der Waals surface area (Å²) in [5.41, 5.74) is 3.29. The van der Waals surface area contributed by atoms with Gasteiger partial charge >= 0.3 is 0 Å². The molecule has 3 aliphatic heterocycles. The maximum atomic E-state index is 13.1. The largest absolute Gasteiger partial charge is 0.494 e. The van der Waals surface area contributed by atoms with Crippen LogP contribution in [0.2, 0.25) is 5.02 Å². The van der Waals surface area contributed by atoms with Crippen molar-refractivity contribution in [1.29, 1.82) is 0 Å². The number of nitrogens with zero attached hydrogens (tertiary/aromatic N) is 5. The van der Waals surface area contributed by atoms with Gasteiger partial charge in [-0.15, -0.1) is 0 Å². The summed E-state index contributed by atoms with van der Waals surface area (Å²) in [7, 11) is 5.69. The standard InChI is InChI=1S/C28H29ClN6O3/c1-33-14-17-11-18(15-33)35(17)16-7-8-21(23(12-16)37-3)31-27-30-13-20(29)25(32-27)38-22-6-4-5-19-24(22)26(36)34(2)28(19)9-10-28/h4-8,12-13,17-18H,9-11,14-15H2,1-3H3,(H,30,31,32). The van der Waals surface area contributed by atoms with Crippen molar-refractivity contribution >= 4 is 34.8 Å². The zero-order chi connectivity index (χ0) is 26.2. The van der Waals surface area contributed by atoms with Gasteiger partial charge in [-0.2, -0.15) is 4.98 Å². The molecule has 9 nitrogen and oxygen atoms in total. The molecule has 0 radical (unpaired) electrons. The first-order chi connectivity index (χ1) is 18.4. The van der Waals surface area contributed by atoms with E-state index in [0.717, 1.165) is 42.9 Å². The van der Waals surface area contributed by atoms with Crippen LogP contribution in [0.25, 0.3) is 0 Å². The van der Waals surface area contributed by atoms with E-state index >= 15 is 0 Å². The Morgan fingerprint density at radius 3 is 2.63 bits per heavy atom. The highest BCUT2D eigenvalue weighted by atomic mass is 35.5. The third-order valence-electron chi connectivity index (χ3n) is 8.44. The van der Waals surface area contributed by atoms with E-state index in [9.17, 15) is 4.79 Å². The summed E-state index contributed by atoms with van der Waals surface area (Å²) in [6.07, 6.45) is 4.65. The fourth-order valence-corrected chi connectivity index (χ4v) is 6.51. The number of piperidine rings is 1. The summed E-state index contributed by atoms with van der Waals surface area (Å²) in [6.45, 7) is 2.15. The van der Waals surface area contributed by atoms with Crippen molar-refractivity contribution in [2.75, 3.05) is 44.5 Å². The number of anilines is 3. The molecule has 7 rings (SSSR count). The van der Waals surface area contributed by atoms with Crippen LogP contribution in [0.4, 0.5) is 17.3 Å². The van der Waals surface area contributed by atoms with E-state index in [0.29, 0.717) is 35.1 Å². The van der Waals surface area contributed by atoms with Gasteiger partial charge in [-0.3, -0.25) is 4.79 Å². The number of carbonyl (C=O) groups is 1. The second kappa shape index (κ2) is 8.47. The number of benzene rings is 2. The Kier molecular flexibility index (Phi) is 5.25. The second-order valence-corrected chi connectivity index (χ2v) is 11.1. The van der Waals surface area contributed by atoms with Crippen molar-refractivity contribution < 1.29 is 14.3 Å². The summed E-state index contributed by atoms with van der Waals surface area (Å²) in [5.74, 6) is 1.60. The zero-order valence-electron chi connectivity index (χ0n) is 21.6. The number of methoxy groups -OCH3 is 1. The highest BCUT2D eigenvalue weighted by Crippen LogP contribution is 2.57. The molecule has 2 aromatic carbocycles. The molecule has 196 valence electrons. The second-order valence-electron chi connectivity index (χ2n) is 10.7. The number of aromatic nitrogens is 2. The SMILES string of the molecule is COc1cc(N2C3CC2CN(C)C3)ccc1Nc1ncc(Cl)c(Oc2cccc3c2C(=O)N(C)C32CC2)n1. The lowest BCUT2D eigenvalue weighted by molar-refractivity contribution is 0.0753. The Hall–Kier alpha value is -3.56. The molecule has 1 N–H and O–H groups in total. The maximum absolute atomic E-state index is 13.1. The van der Waals surface area contributed by atoms with Crippen molar-refractivity contribution in [2.24, 2.45) is 0 Å². The molecule has 1 aliphatic carbocycles. The quantitative estimate of drug-likeness (QED) is 0.491. The predicted molar refractivity (Wildman–Crippen MR) is 145 cm³/mol. The molecule has 2 bridgehead atoms. The molecule has 2 saturated heterocycles. The third-order valence-corrected chi connectivity index (χ3v) is 8.70. The fraction of sp³-hybridized carbons (Fsp3) is 0.393. The molecule has 4 heterocycles. The number of hydrogen-bond acceptors (Lipinski definition) is 8. The first-order valence-electron chi connectivity index (χ1n) is 12.9. The van der Waals surface area contributed by atoms with Crippen LogP contribution < -0.4 is 19.7 Å². The van der Waals surface area contributed by atoms with Gasteiger partial charge in [0.2, 0.25) is 11.8 Å². The molecule has 1 saturated carbocycles. The van der Waals surface area contributed by atoms with Crippen molar-refractivity contribution in [3.8, 4) is 17.4 Å². The Bertz CT molecular complexity index is 1450. The number of likely N-dealkylation sites (N-methyl/N-ethyl adjacent to an activating group) is 1. The van der Waals surface area contributed by atoms with Crippen LogP contribution in [0, 0.1) is 0 Å². The fourth-order valence-electron chi connectivity index (χ4n) is 6.38. The number of nitrogens with one attached hydrogen (secondary N) is 1. The lowest BCUT2D eigenvalue weighted by Crippen LogP contribution is -2.68. The average Bonchev–Trinajstić information content (AvgIpc) is 3.68. The molecule has 38 heavy (non-hydrogen) atoms. The molecule has 10 heteroatoms. The Balaban J connectivity index is 1.14. The number of fused-ring (bicyclic) bond motifs is 4. The molecular formula is C28H29ClN6O3. The van der Waals surface area contributed by atoms with E-state index in [1.54, 1.807) is 13.2 Å². The monoisotopic (exact) mass is 532 g/mol. The van der Waals surface area contributed by atoms with Gasteiger partial charge in [0.15, 0.2) is 0 Å². The summed E-state index contributed by atoms with van der Waals surface area (Å²) in [4.78, 5) is 28.6. The van der Waals surface area contributed by atoms with Crippen LogP contribution in [-0.4, -0.2) is 72.1 Å². The highest BCUT2D eigenvalue weighted by molar-refractivity contribution is 6.31. The summed E-state index contributed by atoms with van der Waals surface area (Å²) in [6, 6.07) is 12.9.